The van der Waals surface area contributed by atoms with Crippen molar-refractivity contribution in [1.82, 2.24) is 15.1 Å². The van der Waals surface area contributed by atoms with Crippen molar-refractivity contribution >= 4 is 17.6 Å². The molecule has 1 aliphatic rings. The monoisotopic (exact) mass is 530 g/mol. The SMILES string of the molecule is C=CC(=O)NCc1cccc(CN(C(=O)Nc2cccc(C(F)(F)F)c2)C2CCN(C(C)CCC)CC2)c1. The minimum atomic E-state index is -4.50. The Labute approximate surface area is 222 Å². The van der Waals surface area contributed by atoms with E-state index in [-0.39, 0.29) is 17.6 Å². The zero-order chi connectivity index (χ0) is 27.7. The molecule has 3 rings (SSSR count). The molecule has 1 fully saturated rings. The van der Waals surface area contributed by atoms with Crippen molar-refractivity contribution in [2.24, 2.45) is 0 Å². The molecule has 0 spiro atoms. The van der Waals surface area contributed by atoms with Crippen LogP contribution in [0.5, 0.6) is 0 Å². The molecule has 38 heavy (non-hydrogen) atoms. The van der Waals surface area contributed by atoms with Crippen LogP contribution in [0.4, 0.5) is 23.7 Å². The van der Waals surface area contributed by atoms with Crippen LogP contribution in [0.1, 0.15) is 56.2 Å². The first-order chi connectivity index (χ1) is 18.1. The third kappa shape index (κ3) is 8.34. The van der Waals surface area contributed by atoms with E-state index in [1.165, 1.54) is 18.2 Å². The van der Waals surface area contributed by atoms with E-state index in [4.69, 9.17) is 0 Å². The van der Waals surface area contributed by atoms with Crippen molar-refractivity contribution in [3.05, 3.63) is 77.9 Å². The number of nitrogens with zero attached hydrogens (tertiary/aromatic N) is 2. The highest BCUT2D eigenvalue weighted by Crippen LogP contribution is 2.31. The molecule has 1 heterocycles. The van der Waals surface area contributed by atoms with E-state index in [1.54, 1.807) is 4.90 Å². The highest BCUT2D eigenvalue weighted by Gasteiger charge is 2.32. The van der Waals surface area contributed by atoms with Crippen molar-refractivity contribution in [2.45, 2.75) is 70.9 Å². The molecule has 1 atom stereocenters. The molecular weight excluding hydrogens is 493 g/mol. The van der Waals surface area contributed by atoms with Crippen LogP contribution in [-0.4, -0.2) is 46.9 Å². The summed E-state index contributed by atoms with van der Waals surface area (Å²) in [5.41, 5.74) is 1.04. The molecule has 0 bridgehead atoms. The van der Waals surface area contributed by atoms with Gasteiger partial charge in [-0.15, -0.1) is 0 Å². The van der Waals surface area contributed by atoms with Gasteiger partial charge in [-0.05, 0) is 61.6 Å². The summed E-state index contributed by atoms with van der Waals surface area (Å²) in [6.07, 6.45) is 0.482. The Morgan fingerprint density at radius 2 is 1.82 bits per heavy atom. The number of urea groups is 1. The van der Waals surface area contributed by atoms with Gasteiger partial charge in [0.05, 0.1) is 5.56 Å². The number of hydrogen-bond acceptors (Lipinski definition) is 3. The summed E-state index contributed by atoms with van der Waals surface area (Å²) in [5.74, 6) is -0.276. The lowest BCUT2D eigenvalue weighted by molar-refractivity contribution is -0.137. The predicted octanol–water partition coefficient (Wildman–Crippen LogP) is 6.19. The molecule has 0 saturated carbocycles. The standard InChI is InChI=1S/C29H37F3N4O2/c1-4-8-21(3)35-15-13-26(14-16-35)36(20-23-10-6-9-22(17-23)19-33-27(37)5-2)28(38)34-25-12-7-11-24(18-25)29(30,31)32/h5-7,9-12,17-18,21,26H,2,4,8,13-16,19-20H2,1,3H3,(H,33,37)(H,34,38). The van der Waals surface area contributed by atoms with Gasteiger partial charge in [-0.1, -0.05) is 50.3 Å². The lowest BCUT2D eigenvalue weighted by Crippen LogP contribution is -2.50. The number of anilines is 1. The van der Waals surface area contributed by atoms with Crippen LogP contribution < -0.4 is 10.6 Å². The molecule has 3 amide bonds. The van der Waals surface area contributed by atoms with E-state index in [0.717, 1.165) is 62.0 Å². The number of rotatable bonds is 10. The number of alkyl halides is 3. The van der Waals surface area contributed by atoms with Crippen molar-refractivity contribution in [1.29, 1.82) is 0 Å². The fourth-order valence-electron chi connectivity index (χ4n) is 4.87. The molecule has 2 N–H and O–H groups in total. The van der Waals surface area contributed by atoms with Gasteiger partial charge in [0.15, 0.2) is 0 Å². The molecule has 0 aliphatic carbocycles. The fraction of sp³-hybridized carbons (Fsp3) is 0.448. The lowest BCUT2D eigenvalue weighted by atomic mass is 9.99. The number of carbonyl (C=O) groups excluding carboxylic acids is 2. The normalized spacial score (nSPS) is 15.5. The van der Waals surface area contributed by atoms with Gasteiger partial charge in [0.25, 0.3) is 0 Å². The molecular formula is C29H37F3N4O2. The topological polar surface area (TPSA) is 64.7 Å². The van der Waals surface area contributed by atoms with Crippen LogP contribution in [0.15, 0.2) is 61.2 Å². The lowest BCUT2D eigenvalue weighted by Gasteiger charge is -2.40. The molecule has 1 saturated heterocycles. The summed E-state index contributed by atoms with van der Waals surface area (Å²) < 4.78 is 39.6. The van der Waals surface area contributed by atoms with Gasteiger partial charge in [0.2, 0.25) is 5.91 Å². The second-order valence-corrected chi connectivity index (χ2v) is 9.78. The molecule has 1 unspecified atom stereocenters. The first-order valence-electron chi connectivity index (χ1n) is 13.1. The van der Waals surface area contributed by atoms with Crippen LogP contribution >= 0.6 is 0 Å². The number of amides is 3. The average Bonchev–Trinajstić information content (AvgIpc) is 2.90. The zero-order valence-corrected chi connectivity index (χ0v) is 22.1. The first kappa shape index (κ1) is 29.2. The Kier molecular flexibility index (Phi) is 10.4. The summed E-state index contributed by atoms with van der Waals surface area (Å²) >= 11 is 0. The Bertz CT molecular complexity index is 1100. The zero-order valence-electron chi connectivity index (χ0n) is 22.1. The fourth-order valence-corrected chi connectivity index (χ4v) is 4.87. The summed E-state index contributed by atoms with van der Waals surface area (Å²) in [6, 6.07) is 12.2. The van der Waals surface area contributed by atoms with Crippen molar-refractivity contribution in [3.63, 3.8) is 0 Å². The van der Waals surface area contributed by atoms with Crippen LogP contribution in [-0.2, 0) is 24.1 Å². The summed E-state index contributed by atoms with van der Waals surface area (Å²) in [6.45, 7) is 10.2. The Balaban J connectivity index is 1.79. The maximum atomic E-state index is 13.5. The first-order valence-corrected chi connectivity index (χ1v) is 13.1. The molecule has 1 aliphatic heterocycles. The minimum absolute atomic E-state index is 0.0602. The van der Waals surface area contributed by atoms with Gasteiger partial charge in [-0.3, -0.25) is 4.79 Å². The summed E-state index contributed by atoms with van der Waals surface area (Å²) in [5, 5.41) is 5.44. The number of carbonyl (C=O) groups is 2. The third-order valence-electron chi connectivity index (χ3n) is 6.97. The average molecular weight is 531 g/mol. The quantitative estimate of drug-likeness (QED) is 0.360. The van der Waals surface area contributed by atoms with E-state index < -0.39 is 17.8 Å². The number of nitrogens with one attached hydrogen (secondary N) is 2. The number of likely N-dealkylation sites (tertiary alicyclic amines) is 1. The number of benzene rings is 2. The van der Waals surface area contributed by atoms with E-state index in [1.807, 2.05) is 24.3 Å². The molecule has 206 valence electrons. The van der Waals surface area contributed by atoms with Gasteiger partial charge in [-0.25, -0.2) is 4.79 Å². The van der Waals surface area contributed by atoms with Crippen LogP contribution in [0.3, 0.4) is 0 Å². The summed E-state index contributed by atoms with van der Waals surface area (Å²) in [4.78, 5) is 29.2. The smallest absolute Gasteiger partial charge is 0.348 e. The Morgan fingerprint density at radius 1 is 1.13 bits per heavy atom. The highest BCUT2D eigenvalue weighted by atomic mass is 19.4. The number of hydrogen-bond donors (Lipinski definition) is 2. The van der Waals surface area contributed by atoms with Crippen LogP contribution in [0.25, 0.3) is 0 Å². The van der Waals surface area contributed by atoms with Gasteiger partial charge in [0.1, 0.15) is 0 Å². The predicted molar refractivity (Wildman–Crippen MR) is 143 cm³/mol. The van der Waals surface area contributed by atoms with Crippen LogP contribution in [0.2, 0.25) is 0 Å². The Morgan fingerprint density at radius 3 is 2.47 bits per heavy atom. The van der Waals surface area contributed by atoms with E-state index in [9.17, 15) is 22.8 Å². The van der Waals surface area contributed by atoms with Crippen molar-refractivity contribution in [3.8, 4) is 0 Å². The molecule has 0 aromatic heterocycles. The van der Waals surface area contributed by atoms with E-state index in [0.29, 0.717) is 19.1 Å². The van der Waals surface area contributed by atoms with Crippen LogP contribution in [0, 0.1) is 0 Å². The van der Waals surface area contributed by atoms with Gasteiger partial charge < -0.3 is 20.4 Å². The van der Waals surface area contributed by atoms with E-state index >= 15 is 0 Å². The number of halogens is 3. The van der Waals surface area contributed by atoms with Gasteiger partial charge >= 0.3 is 12.2 Å². The molecule has 6 nitrogen and oxygen atoms in total. The molecule has 2 aromatic rings. The minimum Gasteiger partial charge on any atom is -0.348 e. The Hall–Kier alpha value is -3.33. The largest absolute Gasteiger partial charge is 0.416 e. The third-order valence-corrected chi connectivity index (χ3v) is 6.97. The number of piperidine rings is 1. The van der Waals surface area contributed by atoms with Crippen molar-refractivity contribution in [2.75, 3.05) is 18.4 Å². The second-order valence-electron chi connectivity index (χ2n) is 9.78. The van der Waals surface area contributed by atoms with Gasteiger partial charge in [0, 0.05) is 44.0 Å². The van der Waals surface area contributed by atoms with Gasteiger partial charge in [-0.2, -0.15) is 13.2 Å². The second kappa shape index (κ2) is 13.5. The van der Waals surface area contributed by atoms with Crippen molar-refractivity contribution < 1.29 is 22.8 Å². The maximum absolute atomic E-state index is 13.5. The maximum Gasteiger partial charge on any atom is 0.416 e. The molecule has 2 aromatic carbocycles. The summed E-state index contributed by atoms with van der Waals surface area (Å²) in [7, 11) is 0. The van der Waals surface area contributed by atoms with E-state index in [2.05, 4.69) is 36.0 Å². The highest BCUT2D eigenvalue weighted by molar-refractivity contribution is 5.89. The molecule has 9 heteroatoms. The molecule has 0 radical (unpaired) electrons.